The Balaban J connectivity index is 1.68. The van der Waals surface area contributed by atoms with Gasteiger partial charge in [-0.15, -0.1) is 0 Å². The lowest BCUT2D eigenvalue weighted by Gasteiger charge is -2.11. The Labute approximate surface area is 195 Å². The molecule has 0 aromatic heterocycles. The molecule has 0 atom stereocenters. The largest absolute Gasteiger partial charge is 0.447 e. The molecule has 0 spiro atoms. The molecule has 34 heavy (non-hydrogen) atoms. The molecular weight excluding hydrogens is 465 g/mol. The number of halogens is 1. The third-order valence-corrected chi connectivity index (χ3v) is 5.77. The quantitative estimate of drug-likeness (QED) is 0.391. The van der Waals surface area contributed by atoms with Gasteiger partial charge in [-0.05, 0) is 60.7 Å². The van der Waals surface area contributed by atoms with E-state index in [9.17, 15) is 22.4 Å². The summed E-state index contributed by atoms with van der Waals surface area (Å²) in [6.07, 6.45) is -0.674. The molecule has 0 unspecified atom stereocenters. The second-order valence-corrected chi connectivity index (χ2v) is 8.61. The van der Waals surface area contributed by atoms with Crippen molar-refractivity contribution in [1.29, 1.82) is 0 Å². The van der Waals surface area contributed by atoms with Gasteiger partial charge in [-0.3, -0.25) is 14.8 Å². The number of methoxy groups -OCH3 is 1. The van der Waals surface area contributed by atoms with Crippen molar-refractivity contribution in [2.75, 3.05) is 35.7 Å². The minimum atomic E-state index is -4.01. The minimum Gasteiger partial charge on any atom is -0.447 e. The Morgan fingerprint density at radius 3 is 2.24 bits per heavy atom. The summed E-state index contributed by atoms with van der Waals surface area (Å²) in [7, 11) is -2.52. The molecule has 0 heterocycles. The summed E-state index contributed by atoms with van der Waals surface area (Å²) in [5.74, 6) is -1.05. The molecule has 3 rings (SSSR count). The van der Waals surface area contributed by atoms with Gasteiger partial charge in [-0.25, -0.2) is 17.6 Å². The van der Waals surface area contributed by atoms with Crippen LogP contribution in [0.4, 0.5) is 26.2 Å². The van der Waals surface area contributed by atoms with E-state index >= 15 is 0 Å². The highest BCUT2D eigenvalue weighted by Gasteiger charge is 2.17. The van der Waals surface area contributed by atoms with Gasteiger partial charge in [0.05, 0.1) is 11.5 Å². The van der Waals surface area contributed by atoms with Crippen LogP contribution in [-0.4, -0.2) is 40.7 Å². The second kappa shape index (κ2) is 11.3. The van der Waals surface area contributed by atoms with Crippen molar-refractivity contribution >= 4 is 39.1 Å². The van der Waals surface area contributed by atoms with Gasteiger partial charge in [-0.2, -0.15) is 0 Å². The number of carbonyl (C=O) groups excluding carboxylic acids is 2. The summed E-state index contributed by atoms with van der Waals surface area (Å²) < 4.78 is 50.5. The number of benzene rings is 3. The summed E-state index contributed by atoms with van der Waals surface area (Å²) >= 11 is 0. The van der Waals surface area contributed by atoms with Gasteiger partial charge < -0.3 is 14.8 Å². The number of hydrogen-bond donors (Lipinski definition) is 3. The Hall–Kier alpha value is -3.96. The fourth-order valence-corrected chi connectivity index (χ4v) is 3.89. The first-order chi connectivity index (χ1) is 16.3. The highest BCUT2D eigenvalue weighted by atomic mass is 32.2. The van der Waals surface area contributed by atoms with E-state index in [1.165, 1.54) is 49.6 Å². The zero-order valence-corrected chi connectivity index (χ0v) is 18.9. The van der Waals surface area contributed by atoms with Crippen LogP contribution in [0.5, 0.6) is 0 Å². The lowest BCUT2D eigenvalue weighted by atomic mass is 10.2. The van der Waals surface area contributed by atoms with E-state index in [1.807, 2.05) is 0 Å². The van der Waals surface area contributed by atoms with Gasteiger partial charge in [0, 0.05) is 29.7 Å². The number of nitrogens with one attached hydrogen (secondary N) is 3. The van der Waals surface area contributed by atoms with Crippen molar-refractivity contribution in [3.63, 3.8) is 0 Å². The molecule has 0 aliphatic carbocycles. The van der Waals surface area contributed by atoms with Gasteiger partial charge in [0.1, 0.15) is 12.4 Å². The molecule has 0 saturated heterocycles. The molecule has 0 aliphatic rings. The van der Waals surface area contributed by atoms with E-state index in [0.717, 1.165) is 12.1 Å². The number of hydrogen-bond acceptors (Lipinski definition) is 6. The predicted octanol–water partition coefficient (Wildman–Crippen LogP) is 4.07. The maximum atomic E-state index is 13.1. The van der Waals surface area contributed by atoms with Gasteiger partial charge >= 0.3 is 6.09 Å². The van der Waals surface area contributed by atoms with Crippen LogP contribution in [-0.2, 0) is 19.5 Å². The molecule has 2 amide bonds. The van der Waals surface area contributed by atoms with E-state index in [2.05, 4.69) is 15.4 Å². The minimum absolute atomic E-state index is 0.0913. The number of rotatable bonds is 9. The zero-order chi connectivity index (χ0) is 24.6. The van der Waals surface area contributed by atoms with Crippen LogP contribution in [0.15, 0.2) is 77.7 Å². The van der Waals surface area contributed by atoms with Crippen molar-refractivity contribution in [2.45, 2.75) is 4.90 Å². The van der Waals surface area contributed by atoms with Crippen molar-refractivity contribution < 1.29 is 31.9 Å². The summed E-state index contributed by atoms with van der Waals surface area (Å²) in [5, 5.41) is 5.18. The predicted molar refractivity (Wildman–Crippen MR) is 125 cm³/mol. The first-order valence-electron chi connectivity index (χ1n) is 9.99. The van der Waals surface area contributed by atoms with Crippen LogP contribution < -0.4 is 15.4 Å². The molecule has 0 radical (unpaired) electrons. The summed E-state index contributed by atoms with van der Waals surface area (Å²) in [6.45, 7) is 0.353. The van der Waals surface area contributed by atoms with E-state index in [1.54, 1.807) is 18.2 Å². The van der Waals surface area contributed by atoms with Gasteiger partial charge in [0.2, 0.25) is 0 Å². The SMILES string of the molecule is COCCOC(=O)Nc1cccc(NC(=O)c2cccc(S(=O)(=O)Nc3ccc(F)cc3)c2)c1. The Bertz CT molecular complexity index is 1270. The monoisotopic (exact) mass is 487 g/mol. The molecule has 178 valence electrons. The summed E-state index contributed by atoms with van der Waals surface area (Å²) in [5.41, 5.74) is 1.04. The van der Waals surface area contributed by atoms with Crippen molar-refractivity contribution in [3.05, 3.63) is 84.2 Å². The Morgan fingerprint density at radius 1 is 0.853 bits per heavy atom. The highest BCUT2D eigenvalue weighted by molar-refractivity contribution is 7.92. The van der Waals surface area contributed by atoms with Crippen LogP contribution in [0, 0.1) is 5.82 Å². The molecule has 11 heteroatoms. The number of sulfonamides is 1. The second-order valence-electron chi connectivity index (χ2n) is 6.93. The highest BCUT2D eigenvalue weighted by Crippen LogP contribution is 2.20. The summed E-state index contributed by atoms with van der Waals surface area (Å²) in [4.78, 5) is 24.3. The first kappa shape index (κ1) is 24.7. The standard InChI is InChI=1S/C23H22FN3O6S/c1-32-12-13-33-23(29)26-20-6-3-5-19(15-20)25-22(28)16-4-2-7-21(14-16)34(30,31)27-18-10-8-17(24)9-11-18/h2-11,14-15,27H,12-13H2,1H3,(H,25,28)(H,26,29). The smallest absolute Gasteiger partial charge is 0.411 e. The fourth-order valence-electron chi connectivity index (χ4n) is 2.79. The normalized spacial score (nSPS) is 10.9. The summed E-state index contributed by atoms with van der Waals surface area (Å²) in [6, 6.07) is 16.6. The van der Waals surface area contributed by atoms with Crippen molar-refractivity contribution in [3.8, 4) is 0 Å². The van der Waals surface area contributed by atoms with E-state index in [4.69, 9.17) is 9.47 Å². The van der Waals surface area contributed by atoms with Crippen LogP contribution in [0.2, 0.25) is 0 Å². The number of carbonyl (C=O) groups is 2. The molecule has 3 N–H and O–H groups in total. The average Bonchev–Trinajstić information content (AvgIpc) is 2.81. The molecule has 9 nitrogen and oxygen atoms in total. The maximum absolute atomic E-state index is 13.1. The number of amides is 2. The lowest BCUT2D eigenvalue weighted by molar-refractivity contribution is 0.102. The molecule has 3 aromatic rings. The average molecular weight is 488 g/mol. The van der Waals surface area contributed by atoms with Crippen molar-refractivity contribution in [1.82, 2.24) is 0 Å². The Kier molecular flexibility index (Phi) is 8.17. The zero-order valence-electron chi connectivity index (χ0n) is 18.1. The fraction of sp³-hybridized carbons (Fsp3) is 0.130. The van der Waals surface area contributed by atoms with Crippen LogP contribution >= 0.6 is 0 Å². The van der Waals surface area contributed by atoms with E-state index < -0.39 is 27.8 Å². The van der Waals surface area contributed by atoms with Crippen molar-refractivity contribution in [2.24, 2.45) is 0 Å². The van der Waals surface area contributed by atoms with Gasteiger partial charge in [-0.1, -0.05) is 12.1 Å². The van der Waals surface area contributed by atoms with Crippen LogP contribution in [0.1, 0.15) is 10.4 Å². The Morgan fingerprint density at radius 2 is 1.53 bits per heavy atom. The molecule has 0 fully saturated rings. The molecule has 0 aliphatic heterocycles. The molecular formula is C23H22FN3O6S. The van der Waals surface area contributed by atoms with E-state index in [-0.39, 0.29) is 29.4 Å². The van der Waals surface area contributed by atoms with Gasteiger partial charge in [0.25, 0.3) is 15.9 Å². The first-order valence-corrected chi connectivity index (χ1v) is 11.5. The van der Waals surface area contributed by atoms with Crippen LogP contribution in [0.25, 0.3) is 0 Å². The molecule has 0 saturated carbocycles. The lowest BCUT2D eigenvalue weighted by Crippen LogP contribution is -2.17. The maximum Gasteiger partial charge on any atom is 0.411 e. The topological polar surface area (TPSA) is 123 Å². The number of ether oxygens (including phenoxy) is 2. The third kappa shape index (κ3) is 7.02. The molecule has 0 bridgehead atoms. The van der Waals surface area contributed by atoms with E-state index in [0.29, 0.717) is 11.4 Å². The van der Waals surface area contributed by atoms with Gasteiger partial charge in [0.15, 0.2) is 0 Å². The molecule has 3 aromatic carbocycles. The number of anilines is 3. The third-order valence-electron chi connectivity index (χ3n) is 4.39. The van der Waals surface area contributed by atoms with Crippen LogP contribution in [0.3, 0.4) is 0 Å².